The molecular formula is C30H29ClFN7O. The van der Waals surface area contributed by atoms with Gasteiger partial charge in [-0.05, 0) is 55.1 Å². The monoisotopic (exact) mass is 557 g/mol. The van der Waals surface area contributed by atoms with E-state index in [2.05, 4.69) is 37.2 Å². The molecule has 0 atom stereocenters. The van der Waals surface area contributed by atoms with Crippen molar-refractivity contribution in [3.05, 3.63) is 95.0 Å². The number of anilines is 2. The zero-order chi connectivity index (χ0) is 27.6. The molecule has 204 valence electrons. The molecule has 0 unspecified atom stereocenters. The molecule has 5 aromatic rings. The number of likely N-dealkylation sites (N-methyl/N-ethyl adjacent to an activating group) is 1. The number of rotatable bonds is 7. The molecule has 0 radical (unpaired) electrons. The number of H-pyrrole nitrogens is 1. The molecule has 1 fully saturated rings. The molecule has 10 heteroatoms. The highest BCUT2D eigenvalue weighted by molar-refractivity contribution is 6.31. The Kier molecular flexibility index (Phi) is 7.23. The number of benzene rings is 3. The van der Waals surface area contributed by atoms with E-state index >= 15 is 0 Å². The lowest BCUT2D eigenvalue weighted by atomic mass is 10.1. The van der Waals surface area contributed by atoms with Crippen LogP contribution in [0.3, 0.4) is 0 Å². The third kappa shape index (κ3) is 5.30. The Bertz CT molecular complexity index is 1630. The number of fused-ring (bicyclic) bond motifs is 1. The zero-order valence-corrected chi connectivity index (χ0v) is 22.8. The number of piperazine rings is 1. The van der Waals surface area contributed by atoms with Crippen molar-refractivity contribution in [1.82, 2.24) is 24.6 Å². The molecule has 2 N–H and O–H groups in total. The number of carbonyl (C=O) groups excluding carboxylic acids is 1. The van der Waals surface area contributed by atoms with Crippen molar-refractivity contribution in [1.29, 1.82) is 0 Å². The van der Waals surface area contributed by atoms with Crippen LogP contribution in [0.25, 0.3) is 22.3 Å². The molecule has 1 saturated heterocycles. The molecule has 40 heavy (non-hydrogen) atoms. The number of carbonyl (C=O) groups is 1. The van der Waals surface area contributed by atoms with Crippen LogP contribution in [0.2, 0.25) is 5.02 Å². The number of aromatic nitrogens is 4. The maximum atomic E-state index is 14.4. The Balaban J connectivity index is 1.15. The van der Waals surface area contributed by atoms with Crippen LogP contribution in [0.15, 0.2) is 73.1 Å². The molecule has 1 amide bonds. The SMILES string of the molecule is CCN1CCN(c2ccc(C(=O)Nc3cc(-c4ccc5ncn(Cc6c(F)cccc6Cl)c5c4)[nH]n3)cc2)CC1. The lowest BCUT2D eigenvalue weighted by molar-refractivity contribution is 0.102. The fraction of sp³-hybridized carbons (Fsp3) is 0.233. The van der Waals surface area contributed by atoms with Crippen molar-refractivity contribution in [2.24, 2.45) is 0 Å². The Morgan fingerprint density at radius 1 is 1.05 bits per heavy atom. The third-order valence-corrected chi connectivity index (χ3v) is 7.81. The second kappa shape index (κ2) is 11.1. The molecule has 1 aliphatic rings. The van der Waals surface area contributed by atoms with Crippen molar-refractivity contribution in [3.8, 4) is 11.3 Å². The molecule has 8 nitrogen and oxygen atoms in total. The average Bonchev–Trinajstić information content (AvgIpc) is 3.62. The number of amides is 1. The number of hydrogen-bond donors (Lipinski definition) is 2. The van der Waals surface area contributed by atoms with E-state index in [1.807, 2.05) is 47.0 Å². The molecule has 3 aromatic carbocycles. The molecule has 1 aliphatic heterocycles. The van der Waals surface area contributed by atoms with Crippen LogP contribution in [0, 0.1) is 5.82 Å². The standard InChI is InChI=1S/C30H29ClFN7O/c1-2-37-12-14-38(15-13-37)22-9-6-20(7-10-22)30(40)34-29-17-27(35-36-29)21-8-11-26-28(16-21)39(19-33-26)18-23-24(31)4-3-5-25(23)32/h3-11,16-17,19H,2,12-15,18H2,1H3,(H2,34,35,36,40). The first-order valence-electron chi connectivity index (χ1n) is 13.3. The summed E-state index contributed by atoms with van der Waals surface area (Å²) >= 11 is 6.24. The number of aromatic amines is 1. The molecule has 6 rings (SSSR count). The number of nitrogens with zero attached hydrogens (tertiary/aromatic N) is 5. The van der Waals surface area contributed by atoms with E-state index in [0.717, 1.165) is 60.7 Å². The van der Waals surface area contributed by atoms with Crippen LogP contribution in [-0.4, -0.2) is 63.3 Å². The van der Waals surface area contributed by atoms with Gasteiger partial charge in [-0.1, -0.05) is 30.7 Å². The molecular weight excluding hydrogens is 529 g/mol. The van der Waals surface area contributed by atoms with Crippen LogP contribution in [0.5, 0.6) is 0 Å². The van der Waals surface area contributed by atoms with Crippen molar-refractivity contribution in [2.75, 3.05) is 42.9 Å². The van der Waals surface area contributed by atoms with Gasteiger partial charge in [0.25, 0.3) is 5.91 Å². The quantitative estimate of drug-likeness (QED) is 0.270. The highest BCUT2D eigenvalue weighted by Crippen LogP contribution is 2.27. The van der Waals surface area contributed by atoms with Gasteiger partial charge in [0.2, 0.25) is 0 Å². The lowest BCUT2D eigenvalue weighted by Gasteiger charge is -2.35. The molecule has 0 aliphatic carbocycles. The summed E-state index contributed by atoms with van der Waals surface area (Å²) in [6.07, 6.45) is 1.67. The summed E-state index contributed by atoms with van der Waals surface area (Å²) in [6, 6.07) is 19.9. The van der Waals surface area contributed by atoms with E-state index in [1.165, 1.54) is 6.07 Å². The van der Waals surface area contributed by atoms with Crippen LogP contribution in [0.1, 0.15) is 22.8 Å². The minimum Gasteiger partial charge on any atom is -0.369 e. The highest BCUT2D eigenvalue weighted by Gasteiger charge is 2.17. The van der Waals surface area contributed by atoms with E-state index in [0.29, 0.717) is 22.0 Å². The fourth-order valence-electron chi connectivity index (χ4n) is 5.07. The topological polar surface area (TPSA) is 82.1 Å². The van der Waals surface area contributed by atoms with Gasteiger partial charge in [-0.3, -0.25) is 9.89 Å². The second-order valence-corrected chi connectivity index (χ2v) is 10.3. The van der Waals surface area contributed by atoms with E-state index in [-0.39, 0.29) is 18.3 Å². The van der Waals surface area contributed by atoms with Crippen LogP contribution < -0.4 is 10.2 Å². The first kappa shape index (κ1) is 26.0. The van der Waals surface area contributed by atoms with Gasteiger partial charge in [-0.15, -0.1) is 0 Å². The van der Waals surface area contributed by atoms with Gasteiger partial charge in [0.15, 0.2) is 5.82 Å². The Morgan fingerprint density at radius 3 is 2.60 bits per heavy atom. The van der Waals surface area contributed by atoms with Gasteiger partial charge in [-0.25, -0.2) is 9.37 Å². The average molecular weight is 558 g/mol. The highest BCUT2D eigenvalue weighted by atomic mass is 35.5. The van der Waals surface area contributed by atoms with Crippen LogP contribution in [-0.2, 0) is 6.54 Å². The predicted molar refractivity (Wildman–Crippen MR) is 157 cm³/mol. The number of imidazole rings is 1. The number of hydrogen-bond acceptors (Lipinski definition) is 5. The first-order chi connectivity index (χ1) is 19.5. The van der Waals surface area contributed by atoms with Gasteiger partial charge in [-0.2, -0.15) is 5.10 Å². The van der Waals surface area contributed by atoms with Gasteiger partial charge < -0.3 is 19.7 Å². The molecule has 0 spiro atoms. The minimum absolute atomic E-state index is 0.226. The fourth-order valence-corrected chi connectivity index (χ4v) is 5.29. The third-order valence-electron chi connectivity index (χ3n) is 7.46. The summed E-state index contributed by atoms with van der Waals surface area (Å²) in [5.41, 5.74) is 5.30. The molecule has 0 bridgehead atoms. The summed E-state index contributed by atoms with van der Waals surface area (Å²) in [7, 11) is 0. The Morgan fingerprint density at radius 2 is 1.85 bits per heavy atom. The van der Waals surface area contributed by atoms with Crippen molar-refractivity contribution >= 4 is 40.0 Å². The predicted octanol–water partition coefficient (Wildman–Crippen LogP) is 5.66. The summed E-state index contributed by atoms with van der Waals surface area (Å²) < 4.78 is 16.2. The van der Waals surface area contributed by atoms with E-state index in [1.54, 1.807) is 24.5 Å². The van der Waals surface area contributed by atoms with Crippen molar-refractivity contribution in [2.45, 2.75) is 13.5 Å². The Hall–Kier alpha value is -4.21. The normalized spacial score (nSPS) is 14.1. The van der Waals surface area contributed by atoms with E-state index in [9.17, 15) is 9.18 Å². The van der Waals surface area contributed by atoms with Crippen molar-refractivity contribution < 1.29 is 9.18 Å². The van der Waals surface area contributed by atoms with Gasteiger partial charge in [0.05, 0.1) is 29.6 Å². The number of halogens is 2. The number of nitrogens with one attached hydrogen (secondary N) is 2. The van der Waals surface area contributed by atoms with E-state index in [4.69, 9.17) is 11.6 Å². The van der Waals surface area contributed by atoms with Gasteiger partial charge in [0.1, 0.15) is 5.82 Å². The Labute approximate surface area is 236 Å². The largest absolute Gasteiger partial charge is 0.369 e. The van der Waals surface area contributed by atoms with Gasteiger partial charge >= 0.3 is 0 Å². The summed E-state index contributed by atoms with van der Waals surface area (Å²) in [4.78, 5) is 22.1. The molecule has 2 aromatic heterocycles. The maximum absolute atomic E-state index is 14.4. The van der Waals surface area contributed by atoms with Gasteiger partial charge in [0, 0.05) is 59.6 Å². The van der Waals surface area contributed by atoms with E-state index < -0.39 is 0 Å². The second-order valence-electron chi connectivity index (χ2n) is 9.87. The molecule has 0 saturated carbocycles. The first-order valence-corrected chi connectivity index (χ1v) is 13.7. The summed E-state index contributed by atoms with van der Waals surface area (Å²) in [5, 5.41) is 10.5. The maximum Gasteiger partial charge on any atom is 0.256 e. The lowest BCUT2D eigenvalue weighted by Crippen LogP contribution is -2.46. The zero-order valence-electron chi connectivity index (χ0n) is 22.1. The van der Waals surface area contributed by atoms with Crippen molar-refractivity contribution in [3.63, 3.8) is 0 Å². The summed E-state index contributed by atoms with van der Waals surface area (Å²) in [6.45, 7) is 7.59. The molecule has 3 heterocycles. The summed E-state index contributed by atoms with van der Waals surface area (Å²) in [5.74, 6) is -0.161. The minimum atomic E-state index is -0.357. The van der Waals surface area contributed by atoms with Crippen LogP contribution in [0.4, 0.5) is 15.9 Å². The smallest absolute Gasteiger partial charge is 0.256 e. The van der Waals surface area contributed by atoms with Crippen LogP contribution >= 0.6 is 11.6 Å².